The van der Waals surface area contributed by atoms with Crippen LogP contribution in [-0.2, 0) is 20.9 Å². The number of hydrogen-bond donors (Lipinski definition) is 3. The number of rotatable bonds is 6. The van der Waals surface area contributed by atoms with Gasteiger partial charge >= 0.3 is 5.91 Å². The Balaban J connectivity index is 1.80. The lowest BCUT2D eigenvalue weighted by Gasteiger charge is -2.42. The summed E-state index contributed by atoms with van der Waals surface area (Å²) >= 11 is 0. The van der Waals surface area contributed by atoms with Crippen molar-refractivity contribution < 1.29 is 28.6 Å². The number of benzene rings is 1. The summed E-state index contributed by atoms with van der Waals surface area (Å²) in [6.07, 6.45) is 0.0124. The van der Waals surface area contributed by atoms with Gasteiger partial charge in [-0.1, -0.05) is 12.1 Å². The quantitative estimate of drug-likeness (QED) is 0.324. The third-order valence-corrected chi connectivity index (χ3v) is 4.61. The number of nitrogens with zero attached hydrogens (tertiary/aromatic N) is 1. The molecule has 10 heteroatoms. The van der Waals surface area contributed by atoms with E-state index in [1.165, 1.54) is 6.07 Å². The first kappa shape index (κ1) is 19.0. The van der Waals surface area contributed by atoms with Gasteiger partial charge in [-0.3, -0.25) is 24.3 Å². The van der Waals surface area contributed by atoms with Crippen molar-refractivity contribution in [3.8, 4) is 5.75 Å². The lowest BCUT2D eigenvalue weighted by molar-refractivity contribution is -0.825. The highest BCUT2D eigenvalue weighted by atomic mass is 16.6. The lowest BCUT2D eigenvalue weighted by atomic mass is 10.0. The van der Waals surface area contributed by atoms with Crippen LogP contribution in [-0.4, -0.2) is 54.0 Å². The molecule has 2 unspecified atom stereocenters. The second-order valence-corrected chi connectivity index (χ2v) is 6.44. The van der Waals surface area contributed by atoms with Gasteiger partial charge in [-0.15, -0.1) is 0 Å². The first-order valence-corrected chi connectivity index (χ1v) is 8.55. The summed E-state index contributed by atoms with van der Waals surface area (Å²) in [7, 11) is 0. The van der Waals surface area contributed by atoms with E-state index in [0.29, 0.717) is 12.1 Å². The monoisotopic (exact) mass is 376 g/mol. The van der Waals surface area contributed by atoms with Gasteiger partial charge in [-0.25, -0.2) is 4.79 Å². The molecule has 0 radical (unpaired) electrons. The summed E-state index contributed by atoms with van der Waals surface area (Å²) in [6.45, 7) is 0.0230. The van der Waals surface area contributed by atoms with Crippen LogP contribution in [0.2, 0.25) is 0 Å². The molecule has 2 atom stereocenters. The number of hydroxylamine groups is 3. The van der Waals surface area contributed by atoms with Gasteiger partial charge in [0.25, 0.3) is 11.8 Å². The number of fused-ring (bicyclic) bond motifs is 1. The smallest absolute Gasteiger partial charge is 0.351 e. The molecule has 2 heterocycles. The zero-order valence-corrected chi connectivity index (χ0v) is 14.5. The van der Waals surface area contributed by atoms with Gasteiger partial charge in [0.05, 0.1) is 0 Å². The fraction of sp³-hybridized carbons (Fsp3) is 0.412. The number of nitrogens with two attached hydrogens (primary N) is 1. The maximum Gasteiger partial charge on any atom is 0.351 e. The number of piperidine rings is 1. The zero-order valence-electron chi connectivity index (χ0n) is 14.5. The number of carbonyl (C=O) groups excluding carboxylic acids is 4. The molecule has 2 aliphatic heterocycles. The Labute approximate surface area is 154 Å². The Morgan fingerprint density at radius 3 is 2.85 bits per heavy atom. The predicted octanol–water partition coefficient (Wildman–Crippen LogP) is -1.09. The Morgan fingerprint density at radius 2 is 2.15 bits per heavy atom. The molecule has 3 rings (SSSR count). The minimum Gasteiger partial charge on any atom is -0.624 e. The molecule has 27 heavy (non-hydrogen) atoms. The van der Waals surface area contributed by atoms with Gasteiger partial charge in [-0.2, -0.15) is 0 Å². The molecule has 1 aromatic carbocycles. The summed E-state index contributed by atoms with van der Waals surface area (Å²) in [4.78, 5) is 48.0. The minimum atomic E-state index is -1.39. The first-order valence-electron chi connectivity index (χ1n) is 8.55. The topological polar surface area (TPSA) is 151 Å². The van der Waals surface area contributed by atoms with Crippen molar-refractivity contribution >= 4 is 23.6 Å². The Bertz CT molecular complexity index is 811. The number of quaternary nitrogens is 1. The van der Waals surface area contributed by atoms with Gasteiger partial charge < -0.3 is 21.0 Å². The average Bonchev–Trinajstić information content (AvgIpc) is 2.90. The van der Waals surface area contributed by atoms with Gasteiger partial charge in [0.2, 0.25) is 5.91 Å². The molecule has 2 aliphatic rings. The maximum absolute atomic E-state index is 13.3. The van der Waals surface area contributed by atoms with Crippen LogP contribution < -0.4 is 21.1 Å². The number of amides is 4. The number of hydrogen-bond acceptors (Lipinski definition) is 7. The summed E-state index contributed by atoms with van der Waals surface area (Å²) in [5.74, 6) is -2.30. The largest absolute Gasteiger partial charge is 0.624 e. The van der Waals surface area contributed by atoms with Gasteiger partial charge in [0.15, 0.2) is 12.6 Å². The number of ether oxygens (including phenoxy) is 1. The van der Waals surface area contributed by atoms with Crippen LogP contribution in [0.5, 0.6) is 5.75 Å². The molecule has 144 valence electrons. The molecule has 0 aliphatic carbocycles. The fourth-order valence-corrected chi connectivity index (χ4v) is 3.32. The van der Waals surface area contributed by atoms with Crippen molar-refractivity contribution in [2.75, 3.05) is 19.7 Å². The highest BCUT2D eigenvalue weighted by Gasteiger charge is 2.50. The number of imide groups is 1. The molecule has 0 saturated carbocycles. The second kappa shape index (κ2) is 7.43. The van der Waals surface area contributed by atoms with E-state index in [-0.39, 0.29) is 43.9 Å². The predicted molar refractivity (Wildman–Crippen MR) is 91.8 cm³/mol. The van der Waals surface area contributed by atoms with E-state index in [1.807, 2.05) is 0 Å². The van der Waals surface area contributed by atoms with E-state index in [9.17, 15) is 24.4 Å². The Morgan fingerprint density at radius 1 is 1.37 bits per heavy atom. The highest BCUT2D eigenvalue weighted by Crippen LogP contribution is 2.38. The van der Waals surface area contributed by atoms with E-state index in [1.54, 1.807) is 12.1 Å². The summed E-state index contributed by atoms with van der Waals surface area (Å²) in [5.41, 5.74) is 5.82. The SMILES string of the molecule is NCCNC(=O)COc1cccc2c1C(=O)[N+]([O-])(C1CCC(=O)NC1=O)C2. The van der Waals surface area contributed by atoms with E-state index >= 15 is 0 Å². The van der Waals surface area contributed by atoms with Crippen molar-refractivity contribution in [2.24, 2.45) is 5.73 Å². The van der Waals surface area contributed by atoms with Gasteiger partial charge in [0, 0.05) is 31.5 Å². The summed E-state index contributed by atoms with van der Waals surface area (Å²) in [5, 5.41) is 17.9. The molecule has 1 saturated heterocycles. The minimum absolute atomic E-state index is 0.00554. The van der Waals surface area contributed by atoms with Crippen molar-refractivity contribution in [1.82, 2.24) is 10.6 Å². The third kappa shape index (κ3) is 3.54. The highest BCUT2D eigenvalue weighted by molar-refractivity contribution is 6.02. The second-order valence-electron chi connectivity index (χ2n) is 6.44. The maximum atomic E-state index is 13.3. The Kier molecular flexibility index (Phi) is 5.22. The van der Waals surface area contributed by atoms with E-state index in [4.69, 9.17) is 10.5 Å². The third-order valence-electron chi connectivity index (χ3n) is 4.61. The van der Waals surface area contributed by atoms with Crippen LogP contribution in [0.1, 0.15) is 28.8 Å². The van der Waals surface area contributed by atoms with Crippen LogP contribution in [0, 0.1) is 5.21 Å². The normalized spacial score (nSPS) is 24.4. The zero-order chi connectivity index (χ0) is 19.6. The fourth-order valence-electron chi connectivity index (χ4n) is 3.32. The Hall–Kier alpha value is -2.82. The standard InChI is InChI=1S/C17H20N4O6/c18-6-7-19-14(23)9-27-12-3-1-2-10-8-21(26,17(25)15(10)12)11-4-5-13(22)20-16(11)24/h1-3,11H,4-9,18H2,(H,19,23)(H,20,22,24). The molecule has 4 amide bonds. The molecule has 0 aromatic heterocycles. The van der Waals surface area contributed by atoms with Gasteiger partial charge in [-0.05, 0) is 6.07 Å². The van der Waals surface area contributed by atoms with Crippen molar-refractivity contribution in [3.63, 3.8) is 0 Å². The van der Waals surface area contributed by atoms with Crippen LogP contribution >= 0.6 is 0 Å². The van der Waals surface area contributed by atoms with E-state index in [0.717, 1.165) is 0 Å². The van der Waals surface area contributed by atoms with Crippen LogP contribution in [0.25, 0.3) is 0 Å². The molecule has 4 N–H and O–H groups in total. The molecule has 0 bridgehead atoms. The van der Waals surface area contributed by atoms with E-state index in [2.05, 4.69) is 10.6 Å². The van der Waals surface area contributed by atoms with Crippen molar-refractivity contribution in [2.45, 2.75) is 25.4 Å². The summed E-state index contributed by atoms with van der Waals surface area (Å²) in [6, 6.07) is 3.52. The van der Waals surface area contributed by atoms with Crippen molar-refractivity contribution in [1.29, 1.82) is 0 Å². The lowest BCUT2D eigenvalue weighted by Crippen LogP contribution is -2.60. The van der Waals surface area contributed by atoms with E-state index < -0.39 is 34.3 Å². The molecular weight excluding hydrogens is 356 g/mol. The average molecular weight is 376 g/mol. The molecule has 1 aromatic rings. The molecular formula is C17H20N4O6. The van der Waals surface area contributed by atoms with Crippen LogP contribution in [0.3, 0.4) is 0 Å². The van der Waals surface area contributed by atoms with Crippen LogP contribution in [0.4, 0.5) is 0 Å². The summed E-state index contributed by atoms with van der Waals surface area (Å²) < 4.78 is 4.03. The van der Waals surface area contributed by atoms with Gasteiger partial charge in [0.1, 0.15) is 17.9 Å². The first-order chi connectivity index (χ1) is 12.9. The molecule has 10 nitrogen and oxygen atoms in total. The molecule has 1 fully saturated rings. The number of nitrogens with one attached hydrogen (secondary N) is 2. The van der Waals surface area contributed by atoms with Crippen LogP contribution in [0.15, 0.2) is 18.2 Å². The number of carbonyl (C=O) groups is 4. The van der Waals surface area contributed by atoms with Crippen molar-refractivity contribution in [3.05, 3.63) is 34.5 Å². The molecule has 0 spiro atoms.